The van der Waals surface area contributed by atoms with Gasteiger partial charge in [-0.3, -0.25) is 4.79 Å². The third-order valence-electron chi connectivity index (χ3n) is 4.27. The van der Waals surface area contributed by atoms with E-state index in [1.807, 2.05) is 55.5 Å². The fraction of sp³-hybridized carbons (Fsp3) is 0.333. The summed E-state index contributed by atoms with van der Waals surface area (Å²) in [5, 5.41) is 15.4. The highest BCUT2D eigenvalue weighted by Crippen LogP contribution is 2.15. The van der Waals surface area contributed by atoms with Gasteiger partial charge in [-0.05, 0) is 42.8 Å². The van der Waals surface area contributed by atoms with E-state index in [2.05, 4.69) is 15.6 Å². The minimum absolute atomic E-state index is 0.440. The Bertz CT molecular complexity index is 859. The first-order valence-corrected chi connectivity index (χ1v) is 9.39. The Labute approximate surface area is 163 Å². The summed E-state index contributed by atoms with van der Waals surface area (Å²) >= 11 is 0. The van der Waals surface area contributed by atoms with Crippen LogP contribution in [0.3, 0.4) is 0 Å². The molecule has 0 saturated heterocycles. The van der Waals surface area contributed by atoms with Gasteiger partial charge in [-0.1, -0.05) is 31.2 Å². The number of para-hydroxylation sites is 2. The zero-order valence-corrected chi connectivity index (χ0v) is 15.9. The van der Waals surface area contributed by atoms with Crippen molar-refractivity contribution in [3.05, 3.63) is 60.0 Å². The Hall–Kier alpha value is -2.90. The zero-order chi connectivity index (χ0) is 19.8. The minimum atomic E-state index is -0.841. The van der Waals surface area contributed by atoms with Crippen molar-refractivity contribution >= 4 is 17.1 Å². The average Bonchev–Trinajstić information content (AvgIpc) is 3.11. The second-order valence-corrected chi connectivity index (χ2v) is 6.40. The number of aromatic nitrogens is 1. The molecule has 0 radical (unpaired) electrons. The number of nitrogens with zero attached hydrogens (tertiary/aromatic N) is 1. The number of carboxylic acids is 1. The predicted octanol–water partition coefficient (Wildman–Crippen LogP) is 2.60. The van der Waals surface area contributed by atoms with E-state index in [4.69, 9.17) is 9.15 Å². The summed E-state index contributed by atoms with van der Waals surface area (Å²) in [7, 11) is 0. The highest BCUT2D eigenvalue weighted by Gasteiger charge is 2.16. The van der Waals surface area contributed by atoms with Gasteiger partial charge in [0, 0.05) is 6.54 Å². The van der Waals surface area contributed by atoms with Gasteiger partial charge in [0.2, 0.25) is 5.89 Å². The van der Waals surface area contributed by atoms with Crippen molar-refractivity contribution in [2.45, 2.75) is 25.9 Å². The number of oxazole rings is 1. The molecule has 0 spiro atoms. The van der Waals surface area contributed by atoms with Crippen molar-refractivity contribution in [3.63, 3.8) is 0 Å². The summed E-state index contributed by atoms with van der Waals surface area (Å²) in [5.74, 6) is 0.564. The standard InChI is InChI=1S/C21H25N3O4/c1-2-23-18(21(25)26)13-15-7-9-16(10-8-15)27-12-11-22-14-20-24-17-5-3-4-6-19(17)28-20/h3-10,18,22-23H,2,11-14H2,1H3,(H,25,26). The summed E-state index contributed by atoms with van der Waals surface area (Å²) in [6, 6.07) is 14.6. The molecule has 0 amide bonds. The number of fused-ring (bicyclic) bond motifs is 1. The number of hydrogen-bond acceptors (Lipinski definition) is 6. The Morgan fingerprint density at radius 2 is 2.00 bits per heavy atom. The van der Waals surface area contributed by atoms with Gasteiger partial charge in [-0.15, -0.1) is 0 Å². The number of rotatable bonds is 11. The van der Waals surface area contributed by atoms with E-state index in [9.17, 15) is 9.90 Å². The summed E-state index contributed by atoms with van der Waals surface area (Å²) in [6.45, 7) is 4.22. The summed E-state index contributed by atoms with van der Waals surface area (Å²) in [4.78, 5) is 15.6. The molecule has 1 heterocycles. The molecule has 7 nitrogen and oxygen atoms in total. The molecule has 3 aromatic rings. The molecular formula is C21H25N3O4. The SMILES string of the molecule is CCNC(Cc1ccc(OCCNCc2nc3ccccc3o2)cc1)C(=O)O. The van der Waals surface area contributed by atoms with Gasteiger partial charge < -0.3 is 24.9 Å². The van der Waals surface area contributed by atoms with Crippen molar-refractivity contribution < 1.29 is 19.1 Å². The van der Waals surface area contributed by atoms with Crippen molar-refractivity contribution in [2.75, 3.05) is 19.7 Å². The molecule has 2 aromatic carbocycles. The lowest BCUT2D eigenvalue weighted by atomic mass is 10.1. The number of likely N-dealkylation sites (N-methyl/N-ethyl adjacent to an activating group) is 1. The van der Waals surface area contributed by atoms with E-state index in [0.717, 1.165) is 22.4 Å². The highest BCUT2D eigenvalue weighted by molar-refractivity contribution is 5.74. The van der Waals surface area contributed by atoms with Gasteiger partial charge in [-0.2, -0.15) is 0 Å². The Morgan fingerprint density at radius 1 is 1.21 bits per heavy atom. The van der Waals surface area contributed by atoms with Crippen LogP contribution in [0, 0.1) is 0 Å². The number of aliphatic carboxylic acids is 1. The van der Waals surface area contributed by atoms with E-state index < -0.39 is 12.0 Å². The van der Waals surface area contributed by atoms with Crippen LogP contribution in [0.2, 0.25) is 0 Å². The first-order chi connectivity index (χ1) is 13.7. The quantitative estimate of drug-likeness (QED) is 0.438. The van der Waals surface area contributed by atoms with Crippen molar-refractivity contribution in [2.24, 2.45) is 0 Å². The topological polar surface area (TPSA) is 96.6 Å². The third-order valence-corrected chi connectivity index (χ3v) is 4.27. The van der Waals surface area contributed by atoms with Gasteiger partial charge in [0.1, 0.15) is 23.9 Å². The van der Waals surface area contributed by atoms with Gasteiger partial charge >= 0.3 is 5.97 Å². The van der Waals surface area contributed by atoms with Crippen molar-refractivity contribution in [1.82, 2.24) is 15.6 Å². The summed E-state index contributed by atoms with van der Waals surface area (Å²) < 4.78 is 11.4. The van der Waals surface area contributed by atoms with Crippen molar-refractivity contribution in [3.8, 4) is 5.75 Å². The maximum absolute atomic E-state index is 11.2. The predicted molar refractivity (Wildman–Crippen MR) is 106 cm³/mol. The van der Waals surface area contributed by atoms with Crippen LogP contribution in [0.25, 0.3) is 11.1 Å². The molecule has 1 aromatic heterocycles. The lowest BCUT2D eigenvalue weighted by Crippen LogP contribution is -2.38. The zero-order valence-electron chi connectivity index (χ0n) is 15.9. The van der Waals surface area contributed by atoms with Crippen molar-refractivity contribution in [1.29, 1.82) is 0 Å². The number of nitrogens with one attached hydrogen (secondary N) is 2. The van der Waals surface area contributed by atoms with Crippen LogP contribution in [0.4, 0.5) is 0 Å². The first kappa shape index (κ1) is 19.9. The summed E-state index contributed by atoms with van der Waals surface area (Å²) in [6.07, 6.45) is 0.440. The molecule has 7 heteroatoms. The summed E-state index contributed by atoms with van der Waals surface area (Å²) in [5.41, 5.74) is 2.60. The maximum atomic E-state index is 11.2. The Morgan fingerprint density at radius 3 is 2.71 bits per heavy atom. The monoisotopic (exact) mass is 383 g/mol. The van der Waals surface area contributed by atoms with E-state index >= 15 is 0 Å². The van der Waals surface area contributed by atoms with Gasteiger partial charge in [-0.25, -0.2) is 4.98 Å². The van der Waals surface area contributed by atoms with Crippen LogP contribution >= 0.6 is 0 Å². The lowest BCUT2D eigenvalue weighted by molar-refractivity contribution is -0.139. The largest absolute Gasteiger partial charge is 0.492 e. The number of carboxylic acid groups (broad SMARTS) is 1. The van der Waals surface area contributed by atoms with Gasteiger partial charge in [0.25, 0.3) is 0 Å². The molecular weight excluding hydrogens is 358 g/mol. The average molecular weight is 383 g/mol. The highest BCUT2D eigenvalue weighted by atomic mass is 16.5. The fourth-order valence-corrected chi connectivity index (χ4v) is 2.88. The number of carbonyl (C=O) groups is 1. The second-order valence-electron chi connectivity index (χ2n) is 6.40. The number of benzene rings is 2. The molecule has 28 heavy (non-hydrogen) atoms. The van der Waals surface area contributed by atoms with Crippen LogP contribution in [-0.2, 0) is 17.8 Å². The third kappa shape index (κ3) is 5.55. The van der Waals surface area contributed by atoms with Crippen LogP contribution in [0.15, 0.2) is 52.9 Å². The van der Waals surface area contributed by atoms with Crippen LogP contribution in [0.1, 0.15) is 18.4 Å². The van der Waals surface area contributed by atoms with Crippen LogP contribution in [-0.4, -0.2) is 41.8 Å². The fourth-order valence-electron chi connectivity index (χ4n) is 2.88. The molecule has 0 fully saturated rings. The lowest BCUT2D eigenvalue weighted by Gasteiger charge is -2.13. The van der Waals surface area contributed by atoms with Crippen LogP contribution < -0.4 is 15.4 Å². The molecule has 1 unspecified atom stereocenters. The first-order valence-electron chi connectivity index (χ1n) is 9.39. The molecule has 0 aliphatic rings. The molecule has 0 aliphatic carbocycles. The maximum Gasteiger partial charge on any atom is 0.321 e. The van der Waals surface area contributed by atoms with E-state index in [0.29, 0.717) is 38.6 Å². The molecule has 0 saturated carbocycles. The normalized spacial score (nSPS) is 12.2. The molecule has 148 valence electrons. The van der Waals surface area contributed by atoms with E-state index in [1.165, 1.54) is 0 Å². The molecule has 0 aliphatic heterocycles. The van der Waals surface area contributed by atoms with E-state index in [1.54, 1.807) is 0 Å². The molecule has 3 rings (SSSR count). The van der Waals surface area contributed by atoms with E-state index in [-0.39, 0.29) is 0 Å². The Kier molecular flexibility index (Phi) is 7.00. The van der Waals surface area contributed by atoms with Gasteiger partial charge in [0.05, 0.1) is 6.54 Å². The second kappa shape index (κ2) is 9.87. The Balaban J connectivity index is 1.39. The number of hydrogen-bond donors (Lipinski definition) is 3. The van der Waals surface area contributed by atoms with Crippen LogP contribution in [0.5, 0.6) is 5.75 Å². The molecule has 0 bridgehead atoms. The van der Waals surface area contributed by atoms with Gasteiger partial charge in [0.15, 0.2) is 5.58 Å². The molecule has 1 atom stereocenters. The smallest absolute Gasteiger partial charge is 0.321 e. The number of ether oxygens (including phenoxy) is 1. The minimum Gasteiger partial charge on any atom is -0.492 e. The molecule has 3 N–H and O–H groups in total.